The number of hydrogen-bond donors (Lipinski definition) is 0. The molecule has 0 saturated heterocycles. The molecule has 1 unspecified atom stereocenters. The molecule has 1 aromatic heterocycles. The first kappa shape index (κ1) is 13.3. The lowest BCUT2D eigenvalue weighted by molar-refractivity contribution is 0.0983. The van der Waals surface area contributed by atoms with Crippen molar-refractivity contribution in [3.63, 3.8) is 0 Å². The van der Waals surface area contributed by atoms with Crippen LogP contribution in [0.25, 0.3) is 0 Å². The van der Waals surface area contributed by atoms with Crippen LogP contribution in [0.2, 0.25) is 5.02 Å². The van der Waals surface area contributed by atoms with Crippen LogP contribution >= 0.6 is 38.9 Å². The average Bonchev–Trinajstić information content (AvgIpc) is 2.79. The molecule has 2 nitrogen and oxygen atoms in total. The van der Waals surface area contributed by atoms with E-state index in [1.165, 1.54) is 11.3 Å². The minimum absolute atomic E-state index is 0.185. The minimum Gasteiger partial charge on any atom is -0.291 e. The number of rotatable bonds is 3. The van der Waals surface area contributed by atoms with Gasteiger partial charge in [0, 0.05) is 5.02 Å². The van der Waals surface area contributed by atoms with Crippen molar-refractivity contribution in [1.29, 1.82) is 5.26 Å². The molecule has 0 aliphatic carbocycles. The Bertz CT molecular complexity index is 615. The van der Waals surface area contributed by atoms with Crippen molar-refractivity contribution in [3.8, 4) is 6.07 Å². The van der Waals surface area contributed by atoms with E-state index >= 15 is 0 Å². The summed E-state index contributed by atoms with van der Waals surface area (Å²) in [5.74, 6) is -0.969. The molecule has 2 aromatic rings. The summed E-state index contributed by atoms with van der Waals surface area (Å²) >= 11 is 10.4. The molecule has 0 aliphatic rings. The van der Waals surface area contributed by atoms with Crippen LogP contribution in [0, 0.1) is 11.3 Å². The van der Waals surface area contributed by atoms with Crippen LogP contribution in [-0.2, 0) is 0 Å². The monoisotopic (exact) mass is 339 g/mol. The molecule has 1 heterocycles. The number of benzene rings is 1. The largest absolute Gasteiger partial charge is 0.291 e. The Morgan fingerprint density at radius 2 is 1.94 bits per heavy atom. The molecule has 0 saturated carbocycles. The van der Waals surface area contributed by atoms with Crippen molar-refractivity contribution >= 4 is 44.7 Å². The summed E-state index contributed by atoms with van der Waals surface area (Å²) in [6.45, 7) is 0. The Morgan fingerprint density at radius 3 is 2.44 bits per heavy atom. The number of halogens is 2. The van der Waals surface area contributed by atoms with E-state index in [4.69, 9.17) is 11.6 Å². The topological polar surface area (TPSA) is 40.9 Å². The number of ketones is 1. The second-order valence-electron chi connectivity index (χ2n) is 3.58. The Labute approximate surface area is 122 Å². The van der Waals surface area contributed by atoms with Gasteiger partial charge in [-0.3, -0.25) is 4.79 Å². The quantitative estimate of drug-likeness (QED) is 0.763. The van der Waals surface area contributed by atoms with Gasteiger partial charge in [-0.15, -0.1) is 11.3 Å². The van der Waals surface area contributed by atoms with Crippen molar-refractivity contribution in [2.45, 2.75) is 5.92 Å². The van der Waals surface area contributed by atoms with E-state index < -0.39 is 5.92 Å². The van der Waals surface area contributed by atoms with Gasteiger partial charge < -0.3 is 0 Å². The van der Waals surface area contributed by atoms with Gasteiger partial charge in [-0.25, -0.2) is 0 Å². The van der Waals surface area contributed by atoms with Gasteiger partial charge in [0.15, 0.2) is 5.78 Å². The third-order valence-electron chi connectivity index (χ3n) is 2.41. The highest BCUT2D eigenvalue weighted by molar-refractivity contribution is 9.11. The number of hydrogen-bond acceptors (Lipinski definition) is 3. The molecule has 1 aromatic carbocycles. The lowest BCUT2D eigenvalue weighted by Gasteiger charge is -2.06. The van der Waals surface area contributed by atoms with Gasteiger partial charge in [-0.05, 0) is 45.8 Å². The average molecular weight is 341 g/mol. The van der Waals surface area contributed by atoms with E-state index in [1.54, 1.807) is 36.4 Å². The van der Waals surface area contributed by atoms with Crippen LogP contribution < -0.4 is 0 Å². The summed E-state index contributed by atoms with van der Waals surface area (Å²) in [6, 6.07) is 12.3. The molecule has 2 rings (SSSR count). The normalized spacial score (nSPS) is 11.8. The number of thiophene rings is 1. The number of carbonyl (C=O) groups excluding carboxylic acids is 1. The third-order valence-corrected chi connectivity index (χ3v) is 4.30. The van der Waals surface area contributed by atoms with Gasteiger partial charge in [-0.2, -0.15) is 5.26 Å². The minimum atomic E-state index is -0.784. The maximum Gasteiger partial charge on any atom is 0.194 e. The SMILES string of the molecule is N#CC(C(=O)c1ccc(Br)s1)c1ccc(Cl)cc1. The first-order valence-corrected chi connectivity index (χ1v) is 7.05. The van der Waals surface area contributed by atoms with Gasteiger partial charge in [-0.1, -0.05) is 23.7 Å². The second-order valence-corrected chi connectivity index (χ2v) is 6.48. The Hall–Kier alpha value is -1.15. The Balaban J connectivity index is 2.32. The van der Waals surface area contributed by atoms with E-state index in [0.717, 1.165) is 3.79 Å². The summed E-state index contributed by atoms with van der Waals surface area (Å²) in [5.41, 5.74) is 0.663. The van der Waals surface area contributed by atoms with Crippen LogP contribution in [0.3, 0.4) is 0 Å². The van der Waals surface area contributed by atoms with E-state index in [0.29, 0.717) is 15.5 Å². The van der Waals surface area contributed by atoms with E-state index in [9.17, 15) is 10.1 Å². The van der Waals surface area contributed by atoms with Crippen molar-refractivity contribution in [2.24, 2.45) is 0 Å². The summed E-state index contributed by atoms with van der Waals surface area (Å²) in [7, 11) is 0. The van der Waals surface area contributed by atoms with Crippen LogP contribution in [0.5, 0.6) is 0 Å². The summed E-state index contributed by atoms with van der Waals surface area (Å²) in [4.78, 5) is 12.8. The molecular weight excluding hydrogens is 334 g/mol. The number of Topliss-reactive ketones (excluding diaryl/α,β-unsaturated/α-hetero) is 1. The molecule has 0 radical (unpaired) electrons. The van der Waals surface area contributed by atoms with Crippen molar-refractivity contribution in [3.05, 3.63) is 55.6 Å². The maximum atomic E-state index is 12.2. The molecule has 0 fully saturated rings. The predicted octanol–water partition coefficient (Wildman–Crippen LogP) is 4.65. The van der Waals surface area contributed by atoms with Crippen LogP contribution in [0.4, 0.5) is 0 Å². The molecule has 0 spiro atoms. The van der Waals surface area contributed by atoms with Crippen LogP contribution in [0.1, 0.15) is 21.2 Å². The van der Waals surface area contributed by atoms with E-state index in [2.05, 4.69) is 15.9 Å². The first-order chi connectivity index (χ1) is 8.61. The fraction of sp³-hybridized carbons (Fsp3) is 0.0769. The summed E-state index contributed by atoms with van der Waals surface area (Å²) in [5, 5.41) is 9.76. The molecule has 0 N–H and O–H groups in total. The number of nitrogens with zero attached hydrogens (tertiary/aromatic N) is 1. The van der Waals surface area contributed by atoms with E-state index in [-0.39, 0.29) is 5.78 Å². The van der Waals surface area contributed by atoms with Gasteiger partial charge >= 0.3 is 0 Å². The zero-order chi connectivity index (χ0) is 13.1. The van der Waals surface area contributed by atoms with Crippen LogP contribution in [-0.4, -0.2) is 5.78 Å². The lowest BCUT2D eigenvalue weighted by atomic mass is 9.95. The molecule has 18 heavy (non-hydrogen) atoms. The zero-order valence-corrected chi connectivity index (χ0v) is 12.2. The molecule has 0 amide bonds. The molecule has 0 bridgehead atoms. The fourth-order valence-electron chi connectivity index (χ4n) is 1.53. The zero-order valence-electron chi connectivity index (χ0n) is 9.06. The fourth-order valence-corrected chi connectivity index (χ4v) is 3.01. The lowest BCUT2D eigenvalue weighted by Crippen LogP contribution is -2.09. The number of nitriles is 1. The Morgan fingerprint density at radius 1 is 1.28 bits per heavy atom. The van der Waals surface area contributed by atoms with Crippen molar-refractivity contribution < 1.29 is 4.79 Å². The van der Waals surface area contributed by atoms with Crippen molar-refractivity contribution in [1.82, 2.24) is 0 Å². The van der Waals surface area contributed by atoms with Crippen LogP contribution in [0.15, 0.2) is 40.2 Å². The standard InChI is InChI=1S/C13H7BrClNOS/c14-12-6-5-11(18-12)13(17)10(7-16)8-1-3-9(15)4-2-8/h1-6,10H. The highest BCUT2D eigenvalue weighted by Crippen LogP contribution is 2.28. The molecule has 0 aliphatic heterocycles. The predicted molar refractivity (Wildman–Crippen MR) is 76.2 cm³/mol. The molecule has 90 valence electrons. The maximum absolute atomic E-state index is 12.2. The highest BCUT2D eigenvalue weighted by Gasteiger charge is 2.22. The molecular formula is C13H7BrClNOS. The third kappa shape index (κ3) is 2.81. The second kappa shape index (κ2) is 5.66. The molecule has 1 atom stereocenters. The summed E-state index contributed by atoms with van der Waals surface area (Å²) < 4.78 is 0.874. The summed E-state index contributed by atoms with van der Waals surface area (Å²) in [6.07, 6.45) is 0. The van der Waals surface area contributed by atoms with Gasteiger partial charge in [0.05, 0.1) is 14.7 Å². The van der Waals surface area contributed by atoms with E-state index in [1.807, 2.05) is 6.07 Å². The molecule has 5 heteroatoms. The first-order valence-electron chi connectivity index (χ1n) is 5.06. The smallest absolute Gasteiger partial charge is 0.194 e. The van der Waals surface area contributed by atoms with Gasteiger partial charge in [0.25, 0.3) is 0 Å². The van der Waals surface area contributed by atoms with Gasteiger partial charge in [0.1, 0.15) is 5.92 Å². The Kier molecular flexibility index (Phi) is 4.18. The van der Waals surface area contributed by atoms with Gasteiger partial charge in [0.2, 0.25) is 0 Å². The number of carbonyl (C=O) groups is 1. The highest BCUT2D eigenvalue weighted by atomic mass is 79.9. The van der Waals surface area contributed by atoms with Crippen molar-refractivity contribution in [2.75, 3.05) is 0 Å².